The molecule has 1 aromatic heterocycles. The lowest BCUT2D eigenvalue weighted by Crippen LogP contribution is -1.94. The van der Waals surface area contributed by atoms with Gasteiger partial charge in [0.25, 0.3) is 0 Å². The molecule has 2 heteroatoms. The Morgan fingerprint density at radius 1 is 1.29 bits per heavy atom. The van der Waals surface area contributed by atoms with Crippen LogP contribution in [0.15, 0.2) is 43.2 Å². The van der Waals surface area contributed by atoms with Gasteiger partial charge in [-0.2, -0.15) is 0 Å². The third-order valence-electron chi connectivity index (χ3n) is 2.27. The minimum atomic E-state index is 0.939. The van der Waals surface area contributed by atoms with E-state index in [9.17, 15) is 0 Å². The van der Waals surface area contributed by atoms with Gasteiger partial charge >= 0.3 is 0 Å². The molecule has 0 aliphatic carbocycles. The fourth-order valence-electron chi connectivity index (χ4n) is 1.47. The molecule has 0 radical (unpaired) electrons. The van der Waals surface area contributed by atoms with Gasteiger partial charge in [-0.3, -0.25) is 0 Å². The summed E-state index contributed by atoms with van der Waals surface area (Å²) in [5.74, 6) is 0. The smallest absolute Gasteiger partial charge is 0.100 e. The first-order chi connectivity index (χ1) is 6.83. The molecule has 1 aromatic carbocycles. The summed E-state index contributed by atoms with van der Waals surface area (Å²) < 4.78 is 2.05. The zero-order valence-corrected chi connectivity index (χ0v) is 8.14. The van der Waals surface area contributed by atoms with Crippen LogP contribution in [0.1, 0.15) is 11.4 Å². The molecule has 14 heavy (non-hydrogen) atoms. The predicted molar refractivity (Wildman–Crippen MR) is 58.4 cm³/mol. The van der Waals surface area contributed by atoms with Gasteiger partial charge in [0.2, 0.25) is 0 Å². The van der Waals surface area contributed by atoms with E-state index in [0.29, 0.717) is 0 Å². The highest BCUT2D eigenvalue weighted by Crippen LogP contribution is 2.13. The van der Waals surface area contributed by atoms with Gasteiger partial charge in [0.1, 0.15) is 6.33 Å². The zero-order valence-electron chi connectivity index (χ0n) is 8.14. The zero-order chi connectivity index (χ0) is 9.97. The van der Waals surface area contributed by atoms with Crippen molar-refractivity contribution in [1.29, 1.82) is 0 Å². The van der Waals surface area contributed by atoms with E-state index in [1.807, 2.05) is 31.5 Å². The standard InChI is InChI=1S/C12H12N2/c1-3-12-10(2)14(9-13-12)11-7-5-4-6-8-11/h3-9H,1H2,2H3. The number of imidazole rings is 1. The molecule has 2 rings (SSSR count). The van der Waals surface area contributed by atoms with Crippen molar-refractivity contribution in [3.05, 3.63) is 54.6 Å². The first-order valence-corrected chi connectivity index (χ1v) is 4.54. The van der Waals surface area contributed by atoms with Crippen LogP contribution in [0.25, 0.3) is 11.8 Å². The van der Waals surface area contributed by atoms with Gasteiger partial charge in [-0.25, -0.2) is 4.98 Å². The number of benzene rings is 1. The minimum Gasteiger partial charge on any atom is -0.303 e. The number of nitrogens with zero attached hydrogens (tertiary/aromatic N) is 2. The quantitative estimate of drug-likeness (QED) is 0.701. The lowest BCUT2D eigenvalue weighted by Gasteiger charge is -2.03. The van der Waals surface area contributed by atoms with Crippen LogP contribution in [-0.2, 0) is 0 Å². The molecule has 2 nitrogen and oxygen atoms in total. The van der Waals surface area contributed by atoms with Crippen LogP contribution in [0.2, 0.25) is 0 Å². The number of rotatable bonds is 2. The average Bonchev–Trinajstić information content (AvgIpc) is 2.61. The van der Waals surface area contributed by atoms with E-state index in [-0.39, 0.29) is 0 Å². The fourth-order valence-corrected chi connectivity index (χ4v) is 1.47. The summed E-state index contributed by atoms with van der Waals surface area (Å²) in [5.41, 5.74) is 3.19. The number of hydrogen-bond acceptors (Lipinski definition) is 1. The molecule has 2 aromatic rings. The van der Waals surface area contributed by atoms with Crippen molar-refractivity contribution in [2.75, 3.05) is 0 Å². The number of aromatic nitrogens is 2. The molecule has 0 atom stereocenters. The van der Waals surface area contributed by atoms with E-state index < -0.39 is 0 Å². The minimum absolute atomic E-state index is 0.939. The van der Waals surface area contributed by atoms with Crippen LogP contribution >= 0.6 is 0 Å². The Bertz CT molecular complexity index is 441. The predicted octanol–water partition coefficient (Wildman–Crippen LogP) is 2.82. The highest BCUT2D eigenvalue weighted by atomic mass is 15.1. The molecule has 0 bridgehead atoms. The first-order valence-electron chi connectivity index (χ1n) is 4.54. The van der Waals surface area contributed by atoms with E-state index in [2.05, 4.69) is 28.3 Å². The average molecular weight is 184 g/mol. The molecule has 0 saturated carbocycles. The van der Waals surface area contributed by atoms with Crippen LogP contribution in [-0.4, -0.2) is 9.55 Å². The van der Waals surface area contributed by atoms with Gasteiger partial charge in [-0.05, 0) is 25.1 Å². The SMILES string of the molecule is C=Cc1ncn(-c2ccccc2)c1C. The molecule has 0 amide bonds. The lowest BCUT2D eigenvalue weighted by atomic mass is 10.3. The van der Waals surface area contributed by atoms with Crippen molar-refractivity contribution < 1.29 is 0 Å². The molecule has 0 unspecified atom stereocenters. The van der Waals surface area contributed by atoms with Gasteiger partial charge in [-0.1, -0.05) is 24.8 Å². The van der Waals surface area contributed by atoms with Crippen molar-refractivity contribution in [3.8, 4) is 5.69 Å². The third kappa shape index (κ3) is 1.35. The molecule has 0 N–H and O–H groups in total. The van der Waals surface area contributed by atoms with Crippen LogP contribution in [0, 0.1) is 6.92 Å². The Morgan fingerprint density at radius 2 is 2.00 bits per heavy atom. The maximum atomic E-state index is 4.26. The summed E-state index contributed by atoms with van der Waals surface area (Å²) in [5, 5.41) is 0. The van der Waals surface area contributed by atoms with Crippen molar-refractivity contribution in [3.63, 3.8) is 0 Å². The number of hydrogen-bond donors (Lipinski definition) is 0. The summed E-state index contributed by atoms with van der Waals surface area (Å²) in [6, 6.07) is 10.2. The monoisotopic (exact) mass is 184 g/mol. The first kappa shape index (κ1) is 8.75. The van der Waals surface area contributed by atoms with E-state index >= 15 is 0 Å². The summed E-state index contributed by atoms with van der Waals surface area (Å²) in [6.07, 6.45) is 3.59. The molecule has 0 aliphatic heterocycles. The number of para-hydroxylation sites is 1. The van der Waals surface area contributed by atoms with Gasteiger partial charge in [0.05, 0.1) is 5.69 Å². The summed E-state index contributed by atoms with van der Waals surface area (Å²) >= 11 is 0. The van der Waals surface area contributed by atoms with E-state index in [1.54, 1.807) is 6.08 Å². The van der Waals surface area contributed by atoms with Crippen LogP contribution < -0.4 is 0 Å². The van der Waals surface area contributed by atoms with Gasteiger partial charge in [0.15, 0.2) is 0 Å². The van der Waals surface area contributed by atoms with Crippen LogP contribution in [0.4, 0.5) is 0 Å². The molecule has 0 spiro atoms. The highest BCUT2D eigenvalue weighted by Gasteiger charge is 2.03. The third-order valence-corrected chi connectivity index (χ3v) is 2.27. The molecule has 0 aliphatic rings. The van der Waals surface area contributed by atoms with Gasteiger partial charge in [0, 0.05) is 11.4 Å². The van der Waals surface area contributed by atoms with Crippen molar-refractivity contribution >= 4 is 6.08 Å². The molecule has 1 heterocycles. The van der Waals surface area contributed by atoms with Crippen LogP contribution in [0.3, 0.4) is 0 Å². The van der Waals surface area contributed by atoms with E-state index in [0.717, 1.165) is 17.1 Å². The Balaban J connectivity index is 2.53. The van der Waals surface area contributed by atoms with Crippen molar-refractivity contribution in [2.24, 2.45) is 0 Å². The van der Waals surface area contributed by atoms with Crippen LogP contribution in [0.5, 0.6) is 0 Å². The summed E-state index contributed by atoms with van der Waals surface area (Å²) in [6.45, 7) is 5.76. The highest BCUT2D eigenvalue weighted by molar-refractivity contribution is 5.47. The molecule has 70 valence electrons. The maximum Gasteiger partial charge on any atom is 0.100 e. The normalized spacial score (nSPS) is 10.1. The van der Waals surface area contributed by atoms with Gasteiger partial charge in [-0.15, -0.1) is 0 Å². The summed E-state index contributed by atoms with van der Waals surface area (Å²) in [7, 11) is 0. The second-order valence-corrected chi connectivity index (χ2v) is 3.12. The molecule has 0 saturated heterocycles. The fraction of sp³-hybridized carbons (Fsp3) is 0.0833. The van der Waals surface area contributed by atoms with E-state index in [4.69, 9.17) is 0 Å². The molecular formula is C12H12N2. The Hall–Kier alpha value is -1.83. The Morgan fingerprint density at radius 3 is 2.57 bits per heavy atom. The maximum absolute atomic E-state index is 4.26. The van der Waals surface area contributed by atoms with E-state index in [1.165, 1.54) is 0 Å². The molecule has 0 fully saturated rings. The Labute approximate surface area is 83.5 Å². The van der Waals surface area contributed by atoms with Crippen molar-refractivity contribution in [1.82, 2.24) is 9.55 Å². The second kappa shape index (κ2) is 3.50. The Kier molecular flexibility index (Phi) is 2.19. The molecular weight excluding hydrogens is 172 g/mol. The second-order valence-electron chi connectivity index (χ2n) is 3.12. The van der Waals surface area contributed by atoms with Gasteiger partial charge < -0.3 is 4.57 Å². The summed E-state index contributed by atoms with van der Waals surface area (Å²) in [4.78, 5) is 4.26. The largest absolute Gasteiger partial charge is 0.303 e. The lowest BCUT2D eigenvalue weighted by molar-refractivity contribution is 1.00. The van der Waals surface area contributed by atoms with Crippen molar-refractivity contribution in [2.45, 2.75) is 6.92 Å². The topological polar surface area (TPSA) is 17.8 Å².